The second-order valence-corrected chi connectivity index (χ2v) is 6.03. The molecule has 4 nitrogen and oxygen atoms in total. The van der Waals surface area contributed by atoms with E-state index in [1.165, 1.54) is 18.5 Å². The average Bonchev–Trinajstić information content (AvgIpc) is 2.65. The molecule has 0 saturated carbocycles. The molecule has 0 unspecified atom stereocenters. The van der Waals surface area contributed by atoms with Gasteiger partial charge in [-0.25, -0.2) is 13.2 Å². The SMILES string of the molecule is Cc1cccc(C)c1NC(=O)c1cncc(Nc2ccc(F)c(F)c2F)c1. The van der Waals surface area contributed by atoms with E-state index in [1.807, 2.05) is 32.0 Å². The highest BCUT2D eigenvalue weighted by atomic mass is 19.2. The van der Waals surface area contributed by atoms with Gasteiger partial charge in [0, 0.05) is 11.9 Å². The number of halogens is 3. The molecule has 0 radical (unpaired) electrons. The second kappa shape index (κ2) is 7.49. The highest BCUT2D eigenvalue weighted by molar-refractivity contribution is 6.05. The van der Waals surface area contributed by atoms with Gasteiger partial charge >= 0.3 is 0 Å². The molecule has 1 amide bonds. The summed E-state index contributed by atoms with van der Waals surface area (Å²) < 4.78 is 40.2. The van der Waals surface area contributed by atoms with Crippen LogP contribution in [0.2, 0.25) is 0 Å². The molecule has 1 heterocycles. The van der Waals surface area contributed by atoms with Crippen molar-refractivity contribution in [2.75, 3.05) is 10.6 Å². The van der Waals surface area contributed by atoms with E-state index < -0.39 is 23.4 Å². The lowest BCUT2D eigenvalue weighted by Gasteiger charge is -2.12. The third-order valence-corrected chi connectivity index (χ3v) is 4.03. The van der Waals surface area contributed by atoms with Crippen molar-refractivity contribution in [1.82, 2.24) is 4.98 Å². The number of nitrogens with one attached hydrogen (secondary N) is 2. The van der Waals surface area contributed by atoms with Gasteiger partial charge in [0.15, 0.2) is 17.5 Å². The molecule has 0 atom stereocenters. The fourth-order valence-electron chi connectivity index (χ4n) is 2.61. The molecule has 0 aliphatic rings. The largest absolute Gasteiger partial charge is 0.352 e. The van der Waals surface area contributed by atoms with Crippen LogP contribution in [0.4, 0.5) is 30.2 Å². The summed E-state index contributed by atoms with van der Waals surface area (Å²) in [7, 11) is 0. The van der Waals surface area contributed by atoms with Crippen molar-refractivity contribution in [2.24, 2.45) is 0 Å². The van der Waals surface area contributed by atoms with Crippen molar-refractivity contribution in [3.8, 4) is 0 Å². The van der Waals surface area contributed by atoms with Crippen molar-refractivity contribution in [1.29, 1.82) is 0 Å². The van der Waals surface area contributed by atoms with Crippen LogP contribution in [0.15, 0.2) is 48.8 Å². The zero-order chi connectivity index (χ0) is 19.6. The summed E-state index contributed by atoms with van der Waals surface area (Å²) in [5.41, 5.74) is 2.75. The fourth-order valence-corrected chi connectivity index (χ4v) is 2.61. The van der Waals surface area contributed by atoms with Crippen LogP contribution >= 0.6 is 0 Å². The highest BCUT2D eigenvalue weighted by Crippen LogP contribution is 2.24. The maximum absolute atomic E-state index is 13.8. The third kappa shape index (κ3) is 3.92. The summed E-state index contributed by atoms with van der Waals surface area (Å²) in [6.07, 6.45) is 2.70. The third-order valence-electron chi connectivity index (χ3n) is 4.03. The van der Waals surface area contributed by atoms with E-state index in [4.69, 9.17) is 0 Å². The van der Waals surface area contributed by atoms with E-state index in [0.29, 0.717) is 5.69 Å². The first kappa shape index (κ1) is 18.4. The number of hydrogen-bond acceptors (Lipinski definition) is 3. The van der Waals surface area contributed by atoms with Gasteiger partial charge in [-0.3, -0.25) is 9.78 Å². The number of para-hydroxylation sites is 1. The number of carbonyl (C=O) groups is 1. The summed E-state index contributed by atoms with van der Waals surface area (Å²) in [5.74, 6) is -4.59. The molecule has 0 aliphatic heterocycles. The number of carbonyl (C=O) groups excluding carboxylic acids is 1. The van der Waals surface area contributed by atoms with E-state index >= 15 is 0 Å². The zero-order valence-electron chi connectivity index (χ0n) is 14.6. The van der Waals surface area contributed by atoms with Gasteiger partial charge in [-0.15, -0.1) is 0 Å². The Balaban J connectivity index is 1.83. The quantitative estimate of drug-likeness (QED) is 0.627. The Kier molecular flexibility index (Phi) is 5.12. The number of benzene rings is 2. The number of amides is 1. The molecule has 0 bridgehead atoms. The molecule has 2 aromatic carbocycles. The molecule has 1 aromatic heterocycles. The minimum Gasteiger partial charge on any atom is -0.352 e. The van der Waals surface area contributed by atoms with E-state index in [1.54, 1.807) is 0 Å². The number of aromatic nitrogens is 1. The molecule has 3 rings (SSSR count). The van der Waals surface area contributed by atoms with Crippen molar-refractivity contribution in [3.63, 3.8) is 0 Å². The predicted molar refractivity (Wildman–Crippen MR) is 97.7 cm³/mol. The molecule has 0 saturated heterocycles. The van der Waals surface area contributed by atoms with Gasteiger partial charge in [-0.2, -0.15) is 0 Å². The summed E-state index contributed by atoms with van der Waals surface area (Å²) in [4.78, 5) is 16.5. The van der Waals surface area contributed by atoms with Crippen molar-refractivity contribution >= 4 is 23.0 Å². The number of nitrogens with zero attached hydrogens (tertiary/aromatic N) is 1. The van der Waals surface area contributed by atoms with Crippen LogP contribution in [0.25, 0.3) is 0 Å². The summed E-state index contributed by atoms with van der Waals surface area (Å²) >= 11 is 0. The van der Waals surface area contributed by atoms with Gasteiger partial charge in [0.05, 0.1) is 23.1 Å². The Morgan fingerprint density at radius 2 is 1.67 bits per heavy atom. The number of pyridine rings is 1. The molecule has 3 aromatic rings. The van der Waals surface area contributed by atoms with Crippen molar-refractivity contribution in [3.05, 3.63) is 82.9 Å². The first-order valence-electron chi connectivity index (χ1n) is 8.10. The molecule has 0 aliphatic carbocycles. The summed E-state index contributed by atoms with van der Waals surface area (Å²) in [6.45, 7) is 3.76. The molecule has 0 spiro atoms. The monoisotopic (exact) mass is 371 g/mol. The molecule has 27 heavy (non-hydrogen) atoms. The summed E-state index contributed by atoms with van der Waals surface area (Å²) in [5, 5.41) is 5.42. The molecule has 7 heteroatoms. The Morgan fingerprint density at radius 1 is 0.963 bits per heavy atom. The number of anilines is 3. The number of aryl methyl sites for hydroxylation is 2. The highest BCUT2D eigenvalue weighted by Gasteiger charge is 2.15. The molecule has 138 valence electrons. The van der Waals surface area contributed by atoms with E-state index in [-0.39, 0.29) is 16.9 Å². The smallest absolute Gasteiger partial charge is 0.257 e. The van der Waals surface area contributed by atoms with Crippen LogP contribution in [0.3, 0.4) is 0 Å². The van der Waals surface area contributed by atoms with Gasteiger partial charge in [0.1, 0.15) is 0 Å². The van der Waals surface area contributed by atoms with E-state index in [9.17, 15) is 18.0 Å². The van der Waals surface area contributed by atoms with Crippen LogP contribution in [-0.4, -0.2) is 10.9 Å². The molecule has 2 N–H and O–H groups in total. The van der Waals surface area contributed by atoms with E-state index in [0.717, 1.165) is 23.3 Å². The fraction of sp³-hybridized carbons (Fsp3) is 0.100. The van der Waals surface area contributed by atoms with Crippen LogP contribution in [0.5, 0.6) is 0 Å². The molecular formula is C20H16F3N3O. The normalized spacial score (nSPS) is 10.6. The topological polar surface area (TPSA) is 54.0 Å². The minimum atomic E-state index is -1.57. The Bertz CT molecular complexity index is 1000. The predicted octanol–water partition coefficient (Wildman–Crippen LogP) is 5.11. The van der Waals surface area contributed by atoms with Crippen molar-refractivity contribution in [2.45, 2.75) is 13.8 Å². The van der Waals surface area contributed by atoms with Gasteiger partial charge < -0.3 is 10.6 Å². The summed E-state index contributed by atoms with van der Waals surface area (Å²) in [6, 6.07) is 8.97. The zero-order valence-corrected chi connectivity index (χ0v) is 14.6. The Hall–Kier alpha value is -3.35. The van der Waals surface area contributed by atoms with Crippen LogP contribution < -0.4 is 10.6 Å². The van der Waals surface area contributed by atoms with Gasteiger partial charge in [-0.1, -0.05) is 18.2 Å². The van der Waals surface area contributed by atoms with Gasteiger partial charge in [0.25, 0.3) is 5.91 Å². The standard InChI is InChI=1S/C20H16F3N3O/c1-11-4-3-5-12(2)19(11)26-20(27)13-8-14(10-24-9-13)25-16-7-6-15(21)17(22)18(16)23/h3-10,25H,1-2H3,(H,26,27). The maximum atomic E-state index is 13.8. The van der Waals surface area contributed by atoms with Gasteiger partial charge in [0.2, 0.25) is 0 Å². The average molecular weight is 371 g/mol. The lowest BCUT2D eigenvalue weighted by molar-refractivity contribution is 0.102. The Morgan fingerprint density at radius 3 is 2.37 bits per heavy atom. The van der Waals surface area contributed by atoms with Crippen LogP contribution in [0, 0.1) is 31.3 Å². The lowest BCUT2D eigenvalue weighted by atomic mass is 10.1. The molecule has 0 fully saturated rings. The van der Waals surface area contributed by atoms with Crippen molar-refractivity contribution < 1.29 is 18.0 Å². The number of hydrogen-bond donors (Lipinski definition) is 2. The van der Waals surface area contributed by atoms with Crippen LogP contribution in [0.1, 0.15) is 21.5 Å². The van der Waals surface area contributed by atoms with Gasteiger partial charge in [-0.05, 0) is 43.2 Å². The lowest BCUT2D eigenvalue weighted by Crippen LogP contribution is -2.14. The van der Waals surface area contributed by atoms with Crippen LogP contribution in [-0.2, 0) is 0 Å². The first-order chi connectivity index (χ1) is 12.9. The number of rotatable bonds is 4. The Labute approximate surface area is 154 Å². The maximum Gasteiger partial charge on any atom is 0.257 e. The second-order valence-electron chi connectivity index (χ2n) is 6.03. The van der Waals surface area contributed by atoms with E-state index in [2.05, 4.69) is 15.6 Å². The first-order valence-corrected chi connectivity index (χ1v) is 8.10. The minimum absolute atomic E-state index is 0.227. The molecular weight excluding hydrogens is 355 g/mol.